The first-order valence-electron chi connectivity index (χ1n) is 9.30. The highest BCUT2D eigenvalue weighted by molar-refractivity contribution is 14.0. The van der Waals surface area contributed by atoms with Gasteiger partial charge in [-0.25, -0.2) is 4.98 Å². The van der Waals surface area contributed by atoms with E-state index in [2.05, 4.69) is 55.2 Å². The van der Waals surface area contributed by atoms with E-state index in [0.29, 0.717) is 12.0 Å². The van der Waals surface area contributed by atoms with Gasteiger partial charge in [-0.05, 0) is 32.1 Å². The summed E-state index contributed by atoms with van der Waals surface area (Å²) in [5.41, 5.74) is 1.32. The van der Waals surface area contributed by atoms with Crippen LogP contribution in [0.4, 0.5) is 0 Å². The number of rotatable bonds is 5. The number of hydrogen-bond acceptors (Lipinski definition) is 4. The van der Waals surface area contributed by atoms with Crippen molar-refractivity contribution in [2.75, 3.05) is 26.7 Å². The fourth-order valence-electron chi connectivity index (χ4n) is 3.56. The van der Waals surface area contributed by atoms with Gasteiger partial charge in [0.1, 0.15) is 0 Å². The third kappa shape index (κ3) is 6.96. The number of thiazole rings is 1. The molecular formula is C19H35IN4OS. The number of halogens is 1. The van der Waals surface area contributed by atoms with E-state index in [1.165, 1.54) is 11.3 Å². The zero-order valence-corrected chi connectivity index (χ0v) is 20.2. The quantitative estimate of drug-likeness (QED) is 0.370. The van der Waals surface area contributed by atoms with Crippen LogP contribution in [0.3, 0.4) is 0 Å². The summed E-state index contributed by atoms with van der Waals surface area (Å²) in [6, 6.07) is 0. The Kier molecular flexibility index (Phi) is 9.82. The molecule has 0 aliphatic carbocycles. The molecule has 1 aliphatic rings. The maximum absolute atomic E-state index is 6.07. The summed E-state index contributed by atoms with van der Waals surface area (Å²) in [4.78, 5) is 10.2. The smallest absolute Gasteiger partial charge is 0.190 e. The molecule has 0 radical (unpaired) electrons. The number of aliphatic imine (C=N–C) groups is 1. The summed E-state index contributed by atoms with van der Waals surface area (Å²) in [5.74, 6) is 1.40. The predicted molar refractivity (Wildman–Crippen MR) is 122 cm³/mol. The minimum atomic E-state index is 0. The lowest BCUT2D eigenvalue weighted by atomic mass is 9.78. The Balaban J connectivity index is 0.00000338. The highest BCUT2D eigenvalue weighted by atomic mass is 127. The maximum atomic E-state index is 6.07. The first-order chi connectivity index (χ1) is 11.8. The van der Waals surface area contributed by atoms with Crippen LogP contribution in [0.25, 0.3) is 0 Å². The minimum Gasteiger partial charge on any atom is -0.377 e. The van der Waals surface area contributed by atoms with Crippen LogP contribution in [0.1, 0.15) is 49.2 Å². The topological polar surface area (TPSA) is 58.5 Å². The van der Waals surface area contributed by atoms with Crippen LogP contribution in [0, 0.1) is 25.2 Å². The molecule has 2 heterocycles. The summed E-state index contributed by atoms with van der Waals surface area (Å²) in [6.45, 7) is 13.6. The van der Waals surface area contributed by atoms with Crippen molar-refractivity contribution >= 4 is 41.3 Å². The van der Waals surface area contributed by atoms with Crippen LogP contribution in [0.5, 0.6) is 0 Å². The van der Waals surface area contributed by atoms with E-state index in [-0.39, 0.29) is 29.4 Å². The van der Waals surface area contributed by atoms with Crippen LogP contribution in [0.2, 0.25) is 0 Å². The number of guanidine groups is 1. The molecule has 2 atom stereocenters. The average Bonchev–Trinajstić information content (AvgIpc) is 2.87. The third-order valence-electron chi connectivity index (χ3n) is 4.70. The Hall–Kier alpha value is -0.410. The summed E-state index contributed by atoms with van der Waals surface area (Å²) in [6.07, 6.45) is 3.64. The lowest BCUT2D eigenvalue weighted by molar-refractivity contribution is -0.0835. The lowest BCUT2D eigenvalue weighted by Crippen LogP contribution is -2.47. The summed E-state index contributed by atoms with van der Waals surface area (Å²) in [5, 5.41) is 8.06. The van der Waals surface area contributed by atoms with E-state index < -0.39 is 0 Å². The monoisotopic (exact) mass is 494 g/mol. The van der Waals surface area contributed by atoms with Crippen LogP contribution in [0.15, 0.2) is 4.99 Å². The zero-order chi connectivity index (χ0) is 18.4. The van der Waals surface area contributed by atoms with Gasteiger partial charge in [-0.2, -0.15) is 0 Å². The van der Waals surface area contributed by atoms with E-state index in [4.69, 9.17) is 4.74 Å². The summed E-state index contributed by atoms with van der Waals surface area (Å²) >= 11 is 1.78. The van der Waals surface area contributed by atoms with Crippen molar-refractivity contribution in [3.05, 3.63) is 15.6 Å². The lowest BCUT2D eigenvalue weighted by Gasteiger charge is -2.40. The van der Waals surface area contributed by atoms with Gasteiger partial charge in [0.15, 0.2) is 5.96 Å². The fourth-order valence-corrected chi connectivity index (χ4v) is 4.49. The zero-order valence-electron chi connectivity index (χ0n) is 17.0. The standard InChI is InChI=1S/C19H34N4OS.HI/c1-13-16(25-14(2)23-13)9-10-21-18(20-6)22-12-15-8-7-11-24-17(15)19(3,4)5;/h15,17H,7-12H2,1-6H3,(H2,20,21,22);1H. The normalized spacial score (nSPS) is 21.2. The van der Waals surface area contributed by atoms with Gasteiger partial charge in [-0.15, -0.1) is 35.3 Å². The van der Waals surface area contributed by atoms with Gasteiger partial charge in [0.2, 0.25) is 0 Å². The number of hydrogen-bond donors (Lipinski definition) is 2. The Labute approximate surface area is 179 Å². The molecule has 0 spiro atoms. The molecule has 2 unspecified atom stereocenters. The number of nitrogens with one attached hydrogen (secondary N) is 2. The first kappa shape index (κ1) is 23.6. The molecule has 0 amide bonds. The molecule has 5 nitrogen and oxygen atoms in total. The van der Waals surface area contributed by atoms with Crippen molar-refractivity contribution in [3.8, 4) is 0 Å². The SMILES string of the molecule is CN=C(NCCc1sc(C)nc1C)NCC1CCCOC1C(C)(C)C.I. The second kappa shape index (κ2) is 10.8. The third-order valence-corrected chi connectivity index (χ3v) is 5.83. The molecule has 2 rings (SSSR count). The molecular weight excluding hydrogens is 459 g/mol. The van der Waals surface area contributed by atoms with Gasteiger partial charge in [0.05, 0.1) is 16.8 Å². The highest BCUT2D eigenvalue weighted by Gasteiger charge is 2.35. The van der Waals surface area contributed by atoms with Gasteiger partial charge in [0.25, 0.3) is 0 Å². The minimum absolute atomic E-state index is 0. The first-order valence-corrected chi connectivity index (χ1v) is 10.1. The number of ether oxygens (including phenoxy) is 1. The van der Waals surface area contributed by atoms with Gasteiger partial charge in [-0.1, -0.05) is 20.8 Å². The average molecular weight is 494 g/mol. The molecule has 2 N–H and O–H groups in total. The Morgan fingerprint density at radius 1 is 1.31 bits per heavy atom. The van der Waals surface area contributed by atoms with E-state index in [0.717, 1.165) is 49.2 Å². The van der Waals surface area contributed by atoms with Crippen LogP contribution < -0.4 is 10.6 Å². The van der Waals surface area contributed by atoms with Gasteiger partial charge in [0, 0.05) is 44.0 Å². The molecule has 150 valence electrons. The van der Waals surface area contributed by atoms with Crippen LogP contribution in [-0.4, -0.2) is 43.8 Å². The van der Waals surface area contributed by atoms with E-state index in [1.54, 1.807) is 11.3 Å². The van der Waals surface area contributed by atoms with Crippen molar-refractivity contribution in [2.24, 2.45) is 16.3 Å². The Bertz CT molecular complexity index is 583. The molecule has 1 aliphatic heterocycles. The largest absolute Gasteiger partial charge is 0.377 e. The Morgan fingerprint density at radius 3 is 2.62 bits per heavy atom. The van der Waals surface area contributed by atoms with E-state index >= 15 is 0 Å². The molecule has 0 saturated carbocycles. The number of nitrogens with zero attached hydrogens (tertiary/aromatic N) is 2. The summed E-state index contributed by atoms with van der Waals surface area (Å²) < 4.78 is 6.07. The van der Waals surface area contributed by atoms with Crippen molar-refractivity contribution in [2.45, 2.75) is 60.0 Å². The molecule has 26 heavy (non-hydrogen) atoms. The van der Waals surface area contributed by atoms with Gasteiger partial charge in [-0.3, -0.25) is 4.99 Å². The molecule has 7 heteroatoms. The van der Waals surface area contributed by atoms with E-state index in [1.807, 2.05) is 7.05 Å². The maximum Gasteiger partial charge on any atom is 0.190 e. The molecule has 0 aromatic carbocycles. The number of aryl methyl sites for hydroxylation is 2. The summed E-state index contributed by atoms with van der Waals surface area (Å²) in [7, 11) is 1.83. The fraction of sp³-hybridized carbons (Fsp3) is 0.789. The van der Waals surface area contributed by atoms with Crippen LogP contribution in [-0.2, 0) is 11.2 Å². The van der Waals surface area contributed by atoms with Crippen LogP contribution >= 0.6 is 35.3 Å². The van der Waals surface area contributed by atoms with Gasteiger partial charge < -0.3 is 15.4 Å². The molecule has 1 saturated heterocycles. The van der Waals surface area contributed by atoms with Crippen molar-refractivity contribution < 1.29 is 4.74 Å². The molecule has 1 aromatic rings. The van der Waals surface area contributed by atoms with E-state index in [9.17, 15) is 0 Å². The van der Waals surface area contributed by atoms with Crippen molar-refractivity contribution in [1.82, 2.24) is 15.6 Å². The van der Waals surface area contributed by atoms with Gasteiger partial charge >= 0.3 is 0 Å². The Morgan fingerprint density at radius 2 is 2.04 bits per heavy atom. The number of aromatic nitrogens is 1. The van der Waals surface area contributed by atoms with Crippen molar-refractivity contribution in [1.29, 1.82) is 0 Å². The van der Waals surface area contributed by atoms with Crippen molar-refractivity contribution in [3.63, 3.8) is 0 Å². The molecule has 0 bridgehead atoms. The molecule has 1 aromatic heterocycles. The highest BCUT2D eigenvalue weighted by Crippen LogP contribution is 2.33. The second-order valence-corrected chi connectivity index (χ2v) is 9.22. The molecule has 1 fully saturated rings. The second-order valence-electron chi connectivity index (χ2n) is 7.93. The predicted octanol–water partition coefficient (Wildman–Crippen LogP) is 3.93.